The number of fused-ring (bicyclic) bond motifs is 1. The van der Waals surface area contributed by atoms with E-state index < -0.39 is 0 Å². The molecule has 0 unspecified atom stereocenters. The van der Waals surface area contributed by atoms with Gasteiger partial charge in [0.1, 0.15) is 34.0 Å². The van der Waals surface area contributed by atoms with Crippen LogP contribution in [-0.2, 0) is 13.1 Å². The summed E-state index contributed by atoms with van der Waals surface area (Å²) in [5, 5.41) is 4.35. The number of aromatic nitrogens is 4. The van der Waals surface area contributed by atoms with Crippen molar-refractivity contribution < 1.29 is 14.2 Å². The Morgan fingerprint density at radius 3 is 2.42 bits per heavy atom. The van der Waals surface area contributed by atoms with Crippen molar-refractivity contribution >= 4 is 23.3 Å². The molecule has 31 heavy (non-hydrogen) atoms. The number of hydrogen-bond donors (Lipinski definition) is 2. The molecule has 0 radical (unpaired) electrons. The van der Waals surface area contributed by atoms with Crippen molar-refractivity contribution in [2.75, 3.05) is 26.1 Å². The van der Waals surface area contributed by atoms with Crippen LogP contribution in [0, 0.1) is 0 Å². The Morgan fingerprint density at radius 2 is 1.77 bits per heavy atom. The van der Waals surface area contributed by atoms with Gasteiger partial charge in [-0.05, 0) is 35.7 Å². The van der Waals surface area contributed by atoms with Crippen molar-refractivity contribution in [2.24, 2.45) is 5.73 Å². The van der Waals surface area contributed by atoms with Crippen LogP contribution in [-0.4, -0.2) is 40.5 Å². The summed E-state index contributed by atoms with van der Waals surface area (Å²) < 4.78 is 23.7. The molecule has 9 nitrogen and oxygen atoms in total. The predicted molar refractivity (Wildman–Crippen MR) is 120 cm³/mol. The number of benzene rings is 1. The van der Waals surface area contributed by atoms with Crippen LogP contribution in [0.1, 0.15) is 11.1 Å². The topological polar surface area (TPSA) is 101 Å². The van der Waals surface area contributed by atoms with Crippen molar-refractivity contribution in [3.8, 4) is 17.2 Å². The number of anilines is 1. The molecule has 4 aromatic rings. The maximum Gasteiger partial charge on any atom is 0.166 e. The van der Waals surface area contributed by atoms with Crippen molar-refractivity contribution in [1.82, 2.24) is 19.2 Å². The van der Waals surface area contributed by atoms with Gasteiger partial charge in [0.05, 0.1) is 34.1 Å². The fraction of sp³-hybridized carbons (Fsp3) is 0.238. The molecule has 0 amide bonds. The van der Waals surface area contributed by atoms with E-state index in [4.69, 9.17) is 19.9 Å². The smallest absolute Gasteiger partial charge is 0.166 e. The second-order valence-electron chi connectivity index (χ2n) is 6.71. The van der Waals surface area contributed by atoms with Crippen LogP contribution in [0.2, 0.25) is 0 Å². The second-order valence-corrected chi connectivity index (χ2v) is 7.53. The van der Waals surface area contributed by atoms with Crippen LogP contribution in [0.4, 0.5) is 5.82 Å². The quantitative estimate of drug-likeness (QED) is 0.383. The minimum Gasteiger partial charge on any atom is -0.495 e. The highest BCUT2D eigenvalue weighted by atomic mass is 32.2. The number of pyridine rings is 1. The first kappa shape index (κ1) is 20.9. The van der Waals surface area contributed by atoms with E-state index in [1.807, 2.05) is 45.7 Å². The molecule has 4 rings (SSSR count). The van der Waals surface area contributed by atoms with Gasteiger partial charge >= 0.3 is 0 Å². The Labute approximate surface area is 184 Å². The van der Waals surface area contributed by atoms with E-state index >= 15 is 0 Å². The highest BCUT2D eigenvalue weighted by molar-refractivity contribution is 8.00. The molecule has 3 aromatic heterocycles. The first-order valence-corrected chi connectivity index (χ1v) is 10.4. The molecular formula is C21H24N6O3S. The number of methoxy groups -OCH3 is 3. The van der Waals surface area contributed by atoms with Gasteiger partial charge in [0.15, 0.2) is 5.82 Å². The second kappa shape index (κ2) is 9.19. The van der Waals surface area contributed by atoms with Gasteiger partial charge in [0, 0.05) is 24.5 Å². The SMILES string of the molecule is COc1cccc(OC)c1SNc1ncn2cc(Cn3cc(CN)cn3)cc(OC)c12. The van der Waals surface area contributed by atoms with E-state index in [-0.39, 0.29) is 0 Å². The van der Waals surface area contributed by atoms with Gasteiger partial charge in [-0.2, -0.15) is 5.10 Å². The summed E-state index contributed by atoms with van der Waals surface area (Å²) in [5.41, 5.74) is 8.52. The Bertz CT molecular complexity index is 1170. The maximum atomic E-state index is 5.68. The first-order chi connectivity index (χ1) is 15.2. The third kappa shape index (κ3) is 4.25. The standard InChI is InChI=1S/C21H24N6O3S/c1-28-16-5-4-6-17(29-2)20(16)31-25-21-19-18(30-3)7-14(10-26(19)13-23-21)11-27-12-15(8-22)9-24-27/h4-7,9-10,12-13,25H,8,11,22H2,1-3H3. The van der Waals surface area contributed by atoms with Crippen LogP contribution < -0.4 is 24.7 Å². The van der Waals surface area contributed by atoms with Crippen LogP contribution in [0.25, 0.3) is 5.52 Å². The molecule has 1 aromatic carbocycles. The minimum absolute atomic E-state index is 0.466. The van der Waals surface area contributed by atoms with Crippen molar-refractivity contribution in [2.45, 2.75) is 18.0 Å². The molecule has 0 spiro atoms. The molecular weight excluding hydrogens is 416 g/mol. The lowest BCUT2D eigenvalue weighted by Gasteiger charge is -2.13. The predicted octanol–water partition coefficient (Wildman–Crippen LogP) is 3.18. The fourth-order valence-corrected chi connectivity index (χ4v) is 4.13. The average molecular weight is 441 g/mol. The third-order valence-corrected chi connectivity index (χ3v) is 5.67. The molecule has 0 aliphatic heterocycles. The summed E-state index contributed by atoms with van der Waals surface area (Å²) in [6, 6.07) is 7.64. The van der Waals surface area contributed by atoms with Crippen LogP contribution in [0.5, 0.6) is 17.2 Å². The zero-order chi connectivity index (χ0) is 21.8. The van der Waals surface area contributed by atoms with E-state index in [1.54, 1.807) is 33.9 Å². The van der Waals surface area contributed by atoms with Crippen molar-refractivity contribution in [3.05, 3.63) is 60.3 Å². The largest absolute Gasteiger partial charge is 0.495 e. The summed E-state index contributed by atoms with van der Waals surface area (Å²) in [7, 11) is 4.91. The van der Waals surface area contributed by atoms with Crippen molar-refractivity contribution in [3.63, 3.8) is 0 Å². The third-order valence-electron chi connectivity index (χ3n) is 4.77. The van der Waals surface area contributed by atoms with Gasteiger partial charge in [-0.15, -0.1) is 0 Å². The monoisotopic (exact) mass is 440 g/mol. The number of rotatable bonds is 9. The number of nitrogens with zero attached hydrogens (tertiary/aromatic N) is 4. The minimum atomic E-state index is 0.466. The Morgan fingerprint density at radius 1 is 1.03 bits per heavy atom. The van der Waals surface area contributed by atoms with E-state index in [2.05, 4.69) is 14.8 Å². The van der Waals surface area contributed by atoms with Gasteiger partial charge in [0.2, 0.25) is 0 Å². The molecule has 162 valence electrons. The fourth-order valence-electron chi connectivity index (χ4n) is 3.27. The summed E-state index contributed by atoms with van der Waals surface area (Å²) in [6.07, 6.45) is 7.47. The summed E-state index contributed by atoms with van der Waals surface area (Å²) in [6.45, 7) is 1.06. The average Bonchev–Trinajstić information content (AvgIpc) is 3.43. The Kier molecular flexibility index (Phi) is 6.19. The zero-order valence-corrected chi connectivity index (χ0v) is 18.3. The van der Waals surface area contributed by atoms with E-state index in [9.17, 15) is 0 Å². The number of ether oxygens (including phenoxy) is 3. The lowest BCUT2D eigenvalue weighted by molar-refractivity contribution is 0.376. The molecule has 3 N–H and O–H groups in total. The van der Waals surface area contributed by atoms with Gasteiger partial charge in [-0.25, -0.2) is 4.98 Å². The number of hydrogen-bond acceptors (Lipinski definition) is 8. The summed E-state index contributed by atoms with van der Waals surface area (Å²) in [5.74, 6) is 2.80. The Balaban J connectivity index is 1.61. The van der Waals surface area contributed by atoms with Crippen LogP contribution >= 0.6 is 11.9 Å². The number of imidazole rings is 1. The number of nitrogens with one attached hydrogen (secondary N) is 1. The van der Waals surface area contributed by atoms with Gasteiger partial charge in [0.25, 0.3) is 0 Å². The molecule has 0 bridgehead atoms. The lowest BCUT2D eigenvalue weighted by atomic mass is 10.2. The highest BCUT2D eigenvalue weighted by Gasteiger charge is 2.16. The summed E-state index contributed by atoms with van der Waals surface area (Å²) >= 11 is 1.37. The molecule has 0 fully saturated rings. The zero-order valence-electron chi connectivity index (χ0n) is 17.5. The molecule has 10 heteroatoms. The van der Waals surface area contributed by atoms with E-state index in [1.165, 1.54) is 11.9 Å². The molecule has 0 saturated carbocycles. The van der Waals surface area contributed by atoms with Gasteiger partial charge in [-0.3, -0.25) is 4.68 Å². The maximum absolute atomic E-state index is 5.68. The van der Waals surface area contributed by atoms with Gasteiger partial charge < -0.3 is 29.1 Å². The van der Waals surface area contributed by atoms with E-state index in [0.29, 0.717) is 36.2 Å². The van der Waals surface area contributed by atoms with Crippen LogP contribution in [0.15, 0.2) is 54.1 Å². The first-order valence-electron chi connectivity index (χ1n) is 9.55. The molecule has 0 saturated heterocycles. The number of nitrogens with two attached hydrogens (primary N) is 1. The summed E-state index contributed by atoms with van der Waals surface area (Å²) in [4.78, 5) is 5.36. The lowest BCUT2D eigenvalue weighted by Crippen LogP contribution is -2.03. The van der Waals surface area contributed by atoms with E-state index in [0.717, 1.165) is 21.5 Å². The molecule has 0 atom stereocenters. The van der Waals surface area contributed by atoms with Gasteiger partial charge in [-0.1, -0.05) is 6.07 Å². The molecule has 0 aliphatic carbocycles. The molecule has 0 aliphatic rings. The molecule has 3 heterocycles. The van der Waals surface area contributed by atoms with Crippen molar-refractivity contribution in [1.29, 1.82) is 0 Å². The Hall–Kier alpha value is -3.37. The van der Waals surface area contributed by atoms with Crippen LogP contribution in [0.3, 0.4) is 0 Å². The normalized spacial score (nSPS) is 11.0. The highest BCUT2D eigenvalue weighted by Crippen LogP contribution is 2.39.